The molecule has 1 spiro atoms. The minimum absolute atomic E-state index is 0.00669. The van der Waals surface area contributed by atoms with Crippen molar-refractivity contribution >= 4 is 29.5 Å². The van der Waals surface area contributed by atoms with E-state index in [-0.39, 0.29) is 36.2 Å². The molecule has 41 heavy (non-hydrogen) atoms. The van der Waals surface area contributed by atoms with E-state index in [0.29, 0.717) is 25.9 Å². The maximum absolute atomic E-state index is 14.7. The highest BCUT2D eigenvalue weighted by Gasteiger charge is 2.77. The number of aliphatic hydroxyl groups is 1. The normalized spacial score (nSPS) is 28.7. The second kappa shape index (κ2) is 12.2. The predicted octanol–water partition coefficient (Wildman–Crippen LogP) is 3.87. The van der Waals surface area contributed by atoms with Gasteiger partial charge in [0.1, 0.15) is 12.6 Å². The van der Waals surface area contributed by atoms with E-state index >= 15 is 0 Å². The van der Waals surface area contributed by atoms with Gasteiger partial charge in [0.15, 0.2) is 0 Å². The fraction of sp³-hybridized carbons (Fsp3) is 0.424. The van der Waals surface area contributed by atoms with Gasteiger partial charge in [0.2, 0.25) is 11.8 Å². The molecule has 2 bridgehead atoms. The molecule has 3 heterocycles. The number of hydrogen-bond acceptors (Lipinski definition) is 6. The number of benzene rings is 2. The molecular weight excluding hydrogens is 536 g/mol. The number of amides is 2. The SMILES string of the molecule is C=CCOC(=O)[C@@H]1[C@@H]2CC(C)C3(S2)C(C(=O)N(CC=C)Cc2ccccc2)N([C@@H](CO)Cc2ccccc2)C(=O)[C@H]13. The fourth-order valence-corrected chi connectivity index (χ4v) is 9.53. The van der Waals surface area contributed by atoms with Gasteiger partial charge in [-0.3, -0.25) is 14.4 Å². The van der Waals surface area contributed by atoms with Gasteiger partial charge in [-0.05, 0) is 29.9 Å². The van der Waals surface area contributed by atoms with E-state index in [4.69, 9.17) is 4.74 Å². The molecular formula is C33H38N2O5S. The Hall–Kier alpha value is -3.36. The average molecular weight is 575 g/mol. The van der Waals surface area contributed by atoms with Crippen LogP contribution in [0.3, 0.4) is 0 Å². The Morgan fingerprint density at radius 1 is 1.12 bits per heavy atom. The average Bonchev–Trinajstić information content (AvgIpc) is 3.58. The van der Waals surface area contributed by atoms with E-state index in [1.165, 1.54) is 6.08 Å². The lowest BCUT2D eigenvalue weighted by molar-refractivity contribution is -0.154. The Morgan fingerprint density at radius 2 is 1.78 bits per heavy atom. The van der Waals surface area contributed by atoms with E-state index < -0.39 is 34.6 Å². The van der Waals surface area contributed by atoms with Gasteiger partial charge in [0, 0.05) is 18.3 Å². The van der Waals surface area contributed by atoms with Crippen LogP contribution < -0.4 is 0 Å². The van der Waals surface area contributed by atoms with E-state index in [1.54, 1.807) is 27.6 Å². The summed E-state index contributed by atoms with van der Waals surface area (Å²) in [6, 6.07) is 17.9. The molecule has 5 rings (SSSR count). The lowest BCUT2D eigenvalue weighted by Gasteiger charge is -2.42. The summed E-state index contributed by atoms with van der Waals surface area (Å²) in [5.74, 6) is -2.21. The smallest absolute Gasteiger partial charge is 0.311 e. The third kappa shape index (κ3) is 5.12. The molecule has 8 heteroatoms. The first-order valence-electron chi connectivity index (χ1n) is 14.2. The number of likely N-dealkylation sites (tertiary alicyclic amines) is 1. The molecule has 3 saturated heterocycles. The van der Waals surface area contributed by atoms with Crippen molar-refractivity contribution < 1.29 is 24.2 Å². The maximum Gasteiger partial charge on any atom is 0.311 e. The molecule has 0 aromatic heterocycles. The van der Waals surface area contributed by atoms with Gasteiger partial charge in [-0.1, -0.05) is 86.3 Å². The summed E-state index contributed by atoms with van der Waals surface area (Å²) >= 11 is 1.60. The van der Waals surface area contributed by atoms with Crippen LogP contribution in [-0.4, -0.2) is 74.5 Å². The molecule has 2 aromatic rings. The summed E-state index contributed by atoms with van der Waals surface area (Å²) in [6.45, 7) is 10.1. The Kier molecular flexibility index (Phi) is 8.71. The number of rotatable bonds is 12. The van der Waals surface area contributed by atoms with Crippen molar-refractivity contribution in [1.82, 2.24) is 9.80 Å². The molecule has 2 amide bonds. The van der Waals surface area contributed by atoms with Crippen LogP contribution in [0.15, 0.2) is 86.0 Å². The quantitative estimate of drug-likeness (QED) is 0.306. The zero-order valence-electron chi connectivity index (χ0n) is 23.4. The van der Waals surface area contributed by atoms with Crippen LogP contribution in [0.5, 0.6) is 0 Å². The monoisotopic (exact) mass is 574 g/mol. The highest BCUT2D eigenvalue weighted by atomic mass is 32.2. The predicted molar refractivity (Wildman–Crippen MR) is 160 cm³/mol. The Bertz CT molecular complexity index is 1290. The van der Waals surface area contributed by atoms with Crippen molar-refractivity contribution in [3.63, 3.8) is 0 Å². The first kappa shape index (κ1) is 29.1. The van der Waals surface area contributed by atoms with Crippen LogP contribution in [0.2, 0.25) is 0 Å². The van der Waals surface area contributed by atoms with Crippen LogP contribution in [-0.2, 0) is 32.1 Å². The van der Waals surface area contributed by atoms with E-state index in [9.17, 15) is 19.5 Å². The second-order valence-electron chi connectivity index (χ2n) is 11.2. The number of fused-ring (bicyclic) bond motifs is 1. The highest BCUT2D eigenvalue weighted by Crippen LogP contribution is 2.69. The van der Waals surface area contributed by atoms with Crippen LogP contribution >= 0.6 is 11.8 Å². The van der Waals surface area contributed by atoms with Crippen molar-refractivity contribution in [1.29, 1.82) is 0 Å². The molecule has 3 aliphatic rings. The third-order valence-corrected chi connectivity index (χ3v) is 10.9. The Balaban J connectivity index is 1.59. The number of carbonyl (C=O) groups is 3. The standard InChI is InChI=1S/C33H38N2O5S/c1-4-16-34(20-24-14-10-7-11-15-24)31(38)29-33-22(3)18-26(41-33)27(32(39)40-17-5-2)28(33)30(37)35(29)25(21-36)19-23-12-8-6-9-13-23/h4-15,22,25-29,36H,1-2,16-21H2,3H3/t22?,25-,26+,27-,28+,29?,33?/m1/s1. The summed E-state index contributed by atoms with van der Waals surface area (Å²) in [6.07, 6.45) is 4.32. The van der Waals surface area contributed by atoms with E-state index in [0.717, 1.165) is 11.1 Å². The van der Waals surface area contributed by atoms with Crippen molar-refractivity contribution in [2.45, 2.75) is 48.4 Å². The first-order valence-corrected chi connectivity index (χ1v) is 15.1. The van der Waals surface area contributed by atoms with Crippen molar-refractivity contribution in [2.24, 2.45) is 17.8 Å². The second-order valence-corrected chi connectivity index (χ2v) is 12.8. The number of aliphatic hydroxyl groups excluding tert-OH is 1. The van der Waals surface area contributed by atoms with Crippen molar-refractivity contribution in [3.8, 4) is 0 Å². The first-order chi connectivity index (χ1) is 19.9. The van der Waals surface area contributed by atoms with Gasteiger partial charge >= 0.3 is 5.97 Å². The van der Waals surface area contributed by atoms with E-state index in [1.807, 2.05) is 60.7 Å². The molecule has 3 aliphatic heterocycles. The molecule has 7 nitrogen and oxygen atoms in total. The van der Waals surface area contributed by atoms with Gasteiger partial charge in [-0.2, -0.15) is 0 Å². The van der Waals surface area contributed by atoms with E-state index in [2.05, 4.69) is 20.1 Å². The summed E-state index contributed by atoms with van der Waals surface area (Å²) in [5, 5.41) is 10.6. The van der Waals surface area contributed by atoms with Crippen LogP contribution in [0.4, 0.5) is 0 Å². The number of carbonyl (C=O) groups excluding carboxylic acids is 3. The van der Waals surface area contributed by atoms with Gasteiger partial charge < -0.3 is 19.6 Å². The molecule has 7 atom stereocenters. The number of ether oxygens (including phenoxy) is 1. The van der Waals surface area contributed by atoms with Crippen molar-refractivity contribution in [2.75, 3.05) is 19.8 Å². The molecule has 0 aliphatic carbocycles. The zero-order valence-corrected chi connectivity index (χ0v) is 24.2. The minimum atomic E-state index is -0.841. The lowest BCUT2D eigenvalue weighted by Crippen LogP contribution is -2.59. The number of esters is 1. The molecule has 2 aromatic carbocycles. The number of nitrogens with zero attached hydrogens (tertiary/aromatic N) is 2. The van der Waals surface area contributed by atoms with Crippen LogP contribution in [0, 0.1) is 17.8 Å². The fourth-order valence-electron chi connectivity index (χ4n) is 7.14. The van der Waals surface area contributed by atoms with Crippen LogP contribution in [0.25, 0.3) is 0 Å². The van der Waals surface area contributed by atoms with Gasteiger partial charge in [0.25, 0.3) is 0 Å². The zero-order chi connectivity index (χ0) is 29.1. The Labute approximate surface area is 246 Å². The summed E-state index contributed by atoms with van der Waals surface area (Å²) in [7, 11) is 0. The van der Waals surface area contributed by atoms with Crippen LogP contribution in [0.1, 0.15) is 24.5 Å². The molecule has 0 saturated carbocycles. The highest BCUT2D eigenvalue weighted by molar-refractivity contribution is 8.02. The van der Waals surface area contributed by atoms with Gasteiger partial charge in [-0.25, -0.2) is 0 Å². The topological polar surface area (TPSA) is 87.2 Å². The molecule has 0 radical (unpaired) electrons. The third-order valence-electron chi connectivity index (χ3n) is 8.83. The molecule has 216 valence electrons. The Morgan fingerprint density at radius 3 is 2.39 bits per heavy atom. The minimum Gasteiger partial charge on any atom is -0.461 e. The number of thioether (sulfide) groups is 1. The van der Waals surface area contributed by atoms with Gasteiger partial charge in [0.05, 0.1) is 29.2 Å². The maximum atomic E-state index is 14.7. The largest absolute Gasteiger partial charge is 0.461 e. The molecule has 3 fully saturated rings. The number of hydrogen-bond donors (Lipinski definition) is 1. The summed E-state index contributed by atoms with van der Waals surface area (Å²) in [5.41, 5.74) is 1.93. The molecule has 3 unspecified atom stereocenters. The lowest BCUT2D eigenvalue weighted by atomic mass is 9.66. The summed E-state index contributed by atoms with van der Waals surface area (Å²) < 4.78 is 4.69. The van der Waals surface area contributed by atoms with Crippen molar-refractivity contribution in [3.05, 3.63) is 97.1 Å². The summed E-state index contributed by atoms with van der Waals surface area (Å²) in [4.78, 5) is 46.0. The van der Waals surface area contributed by atoms with Gasteiger partial charge in [-0.15, -0.1) is 18.3 Å². The molecule has 1 N–H and O–H groups in total.